The van der Waals surface area contributed by atoms with Crippen molar-refractivity contribution in [3.8, 4) is 0 Å². The molecular weight excluding hydrogens is 575 g/mol. The Bertz CT molecular complexity index is 1420. The van der Waals surface area contributed by atoms with Gasteiger partial charge in [-0.3, -0.25) is 19.3 Å². The summed E-state index contributed by atoms with van der Waals surface area (Å²) < 4.78 is 75.0. The fourth-order valence-corrected chi connectivity index (χ4v) is 7.49. The van der Waals surface area contributed by atoms with Crippen LogP contribution in [0.4, 0.5) is 13.2 Å². The molecule has 2 atom stereocenters. The molecule has 1 fully saturated rings. The maximum absolute atomic E-state index is 13.6. The number of thioether (sulfide) groups is 1. The molecule has 2 aliphatic rings. The Kier molecular flexibility index (Phi) is 8.40. The first-order chi connectivity index (χ1) is 18.8. The first-order valence-corrected chi connectivity index (χ1v) is 14.5. The highest BCUT2D eigenvalue weighted by Crippen LogP contribution is 2.43. The number of halogens is 3. The molecule has 212 valence electrons. The first kappa shape index (κ1) is 29.3. The van der Waals surface area contributed by atoms with Crippen molar-refractivity contribution in [3.63, 3.8) is 0 Å². The second kappa shape index (κ2) is 11.5. The lowest BCUT2D eigenvalue weighted by atomic mass is 9.97. The van der Waals surface area contributed by atoms with E-state index in [0.29, 0.717) is 16.0 Å². The molecule has 2 heterocycles. The lowest BCUT2D eigenvalue weighted by Gasteiger charge is -2.49. The fraction of sp³-hybridized carbons (Fsp3) is 0.308. The van der Waals surface area contributed by atoms with Gasteiger partial charge in [0.15, 0.2) is 21.3 Å². The van der Waals surface area contributed by atoms with Crippen LogP contribution in [0.5, 0.6) is 0 Å². The number of rotatable bonds is 8. The molecule has 40 heavy (non-hydrogen) atoms. The monoisotopic (exact) mass is 597 g/mol. The SMILES string of the molecule is CC(=O)OCC1=C(C(=O)OC(c2ccccc2)c2ccccc2)N2C(=O)[C@@H](CSC(=O)C(F)(F)F)[C@H]2S(=O)(=O)C1. The van der Waals surface area contributed by atoms with Gasteiger partial charge >= 0.3 is 18.1 Å². The van der Waals surface area contributed by atoms with Crippen LogP contribution in [0.3, 0.4) is 0 Å². The highest BCUT2D eigenvalue weighted by Gasteiger charge is 2.60. The van der Waals surface area contributed by atoms with Gasteiger partial charge in [-0.25, -0.2) is 13.2 Å². The summed E-state index contributed by atoms with van der Waals surface area (Å²) in [4.78, 5) is 50.2. The summed E-state index contributed by atoms with van der Waals surface area (Å²) in [7, 11) is -4.24. The number of esters is 2. The number of sulfone groups is 1. The minimum atomic E-state index is -5.17. The summed E-state index contributed by atoms with van der Waals surface area (Å²) in [5, 5.41) is -3.87. The van der Waals surface area contributed by atoms with Gasteiger partial charge in [0, 0.05) is 18.2 Å². The minimum absolute atomic E-state index is 0.220. The van der Waals surface area contributed by atoms with Crippen LogP contribution in [0.25, 0.3) is 0 Å². The van der Waals surface area contributed by atoms with Gasteiger partial charge in [-0.15, -0.1) is 0 Å². The normalized spacial score (nSPS) is 20.0. The molecule has 2 aromatic rings. The highest BCUT2D eigenvalue weighted by atomic mass is 32.2. The first-order valence-electron chi connectivity index (χ1n) is 11.8. The zero-order valence-corrected chi connectivity index (χ0v) is 22.4. The predicted octanol–water partition coefficient (Wildman–Crippen LogP) is 3.17. The molecule has 2 aliphatic heterocycles. The average molecular weight is 598 g/mol. The van der Waals surface area contributed by atoms with E-state index in [0.717, 1.165) is 6.92 Å². The molecular formula is C26H22F3NO8S2. The number of nitrogens with zero attached hydrogens (tertiary/aromatic N) is 1. The molecule has 0 N–H and O–H groups in total. The Balaban J connectivity index is 1.70. The van der Waals surface area contributed by atoms with Crippen molar-refractivity contribution in [2.45, 2.75) is 24.6 Å². The van der Waals surface area contributed by atoms with E-state index in [-0.39, 0.29) is 17.3 Å². The molecule has 0 saturated carbocycles. The summed E-state index contributed by atoms with van der Waals surface area (Å²) in [6.07, 6.45) is -6.14. The molecule has 0 unspecified atom stereocenters. The predicted molar refractivity (Wildman–Crippen MR) is 136 cm³/mol. The molecule has 1 amide bonds. The number of hydrogen-bond acceptors (Lipinski definition) is 9. The van der Waals surface area contributed by atoms with E-state index in [1.54, 1.807) is 60.7 Å². The van der Waals surface area contributed by atoms with Crippen molar-refractivity contribution in [3.05, 3.63) is 83.1 Å². The van der Waals surface area contributed by atoms with E-state index in [4.69, 9.17) is 9.47 Å². The van der Waals surface area contributed by atoms with E-state index in [1.807, 2.05) is 0 Å². The number of fused-ring (bicyclic) bond motifs is 1. The lowest BCUT2D eigenvalue weighted by Crippen LogP contribution is -2.68. The molecule has 0 bridgehead atoms. The van der Waals surface area contributed by atoms with Crippen LogP contribution in [-0.4, -0.2) is 65.9 Å². The molecule has 2 aromatic carbocycles. The van der Waals surface area contributed by atoms with Crippen molar-refractivity contribution in [1.82, 2.24) is 4.90 Å². The number of β-lactam (4-membered cyclic amide) rings is 1. The molecule has 14 heteroatoms. The van der Waals surface area contributed by atoms with E-state index in [1.165, 1.54) is 0 Å². The third kappa shape index (κ3) is 6.07. The second-order valence-electron chi connectivity index (χ2n) is 8.95. The summed E-state index contributed by atoms with van der Waals surface area (Å²) in [6, 6.07) is 17.2. The van der Waals surface area contributed by atoms with Gasteiger partial charge in [-0.1, -0.05) is 72.4 Å². The van der Waals surface area contributed by atoms with Crippen molar-refractivity contribution < 1.29 is 50.2 Å². The van der Waals surface area contributed by atoms with Gasteiger partial charge in [0.2, 0.25) is 5.91 Å². The quantitative estimate of drug-likeness (QED) is 0.333. The van der Waals surface area contributed by atoms with Crippen LogP contribution in [0.2, 0.25) is 0 Å². The molecule has 0 spiro atoms. The van der Waals surface area contributed by atoms with Crippen molar-refractivity contribution >= 4 is 44.6 Å². The summed E-state index contributed by atoms with van der Waals surface area (Å²) in [5.41, 5.74) is 0.451. The number of hydrogen-bond donors (Lipinski definition) is 0. The van der Waals surface area contributed by atoms with E-state index >= 15 is 0 Å². The third-order valence-corrected chi connectivity index (χ3v) is 9.22. The van der Waals surface area contributed by atoms with Gasteiger partial charge in [-0.05, 0) is 11.1 Å². The molecule has 1 saturated heterocycles. The molecule has 0 aliphatic carbocycles. The van der Waals surface area contributed by atoms with Crippen molar-refractivity contribution in [2.24, 2.45) is 5.92 Å². The lowest BCUT2D eigenvalue weighted by molar-refractivity contribution is -0.160. The second-order valence-corrected chi connectivity index (χ2v) is 12.0. The van der Waals surface area contributed by atoms with E-state index < -0.39 is 80.2 Å². The van der Waals surface area contributed by atoms with E-state index in [2.05, 4.69) is 0 Å². The van der Waals surface area contributed by atoms with Crippen LogP contribution < -0.4 is 0 Å². The number of carbonyl (C=O) groups is 4. The molecule has 0 aromatic heterocycles. The zero-order chi connectivity index (χ0) is 29.2. The fourth-order valence-electron chi connectivity index (χ4n) is 4.43. The van der Waals surface area contributed by atoms with Gasteiger partial charge in [0.25, 0.3) is 5.12 Å². The van der Waals surface area contributed by atoms with Crippen LogP contribution in [0.1, 0.15) is 24.2 Å². The van der Waals surface area contributed by atoms with Gasteiger partial charge in [-0.2, -0.15) is 13.2 Å². The smallest absolute Gasteiger partial charge is 0.460 e. The Labute approximate surface area is 231 Å². The number of amides is 1. The standard InChI is InChI=1S/C26H22F3NO8S2/c1-15(31)37-12-18-14-40(35,36)23-19(13-39-25(34)26(27,28)29)22(32)30(23)20(18)24(33)38-21(16-8-4-2-5-9-16)17-10-6-3-7-11-17/h2-11,19,21,23H,12-14H2,1H3/t19-,23-/m1/s1. The summed E-state index contributed by atoms with van der Waals surface area (Å²) >= 11 is -0.220. The minimum Gasteiger partial charge on any atom is -0.461 e. The number of ether oxygens (including phenoxy) is 2. The molecule has 4 rings (SSSR count). The third-order valence-electron chi connectivity index (χ3n) is 6.17. The Morgan fingerprint density at radius 1 is 1.02 bits per heavy atom. The number of alkyl halides is 3. The van der Waals surface area contributed by atoms with Crippen LogP contribution in [0.15, 0.2) is 71.9 Å². The maximum atomic E-state index is 13.6. The Morgan fingerprint density at radius 2 is 1.57 bits per heavy atom. The average Bonchev–Trinajstić information content (AvgIpc) is 2.90. The van der Waals surface area contributed by atoms with Gasteiger partial charge < -0.3 is 9.47 Å². The van der Waals surface area contributed by atoms with Crippen LogP contribution in [-0.2, 0) is 38.5 Å². The summed E-state index contributed by atoms with van der Waals surface area (Å²) in [5.74, 6) is -5.91. The van der Waals surface area contributed by atoms with E-state index in [9.17, 15) is 40.8 Å². The van der Waals surface area contributed by atoms with Crippen molar-refractivity contribution in [2.75, 3.05) is 18.1 Å². The molecule has 9 nitrogen and oxygen atoms in total. The number of carbonyl (C=O) groups excluding carboxylic acids is 4. The Morgan fingerprint density at radius 3 is 2.08 bits per heavy atom. The van der Waals surface area contributed by atoms with Crippen LogP contribution >= 0.6 is 11.8 Å². The Hall–Kier alpha value is -3.65. The van der Waals surface area contributed by atoms with Gasteiger partial charge in [0.05, 0.1) is 11.7 Å². The summed E-state index contributed by atoms with van der Waals surface area (Å²) in [6.45, 7) is 0.433. The number of benzene rings is 2. The highest BCUT2D eigenvalue weighted by molar-refractivity contribution is 8.13. The van der Waals surface area contributed by atoms with Crippen LogP contribution in [0, 0.1) is 5.92 Å². The van der Waals surface area contributed by atoms with Gasteiger partial charge in [0.1, 0.15) is 12.3 Å². The largest absolute Gasteiger partial charge is 0.461 e. The van der Waals surface area contributed by atoms with Crippen molar-refractivity contribution in [1.29, 1.82) is 0 Å². The zero-order valence-electron chi connectivity index (χ0n) is 20.8. The topological polar surface area (TPSA) is 124 Å². The maximum Gasteiger partial charge on any atom is 0.460 e. The molecule has 0 radical (unpaired) electrons.